The molecule has 0 aliphatic heterocycles. The van der Waals surface area contributed by atoms with E-state index < -0.39 is 18.0 Å². The Morgan fingerprint density at radius 3 is 2.48 bits per heavy atom. The molecular formula is C19H23N3O3. The Morgan fingerprint density at radius 1 is 1.12 bits per heavy atom. The minimum absolute atomic E-state index is 0.403. The maximum atomic E-state index is 12.0. The highest BCUT2D eigenvalue weighted by molar-refractivity contribution is 5.97. The lowest BCUT2D eigenvalue weighted by molar-refractivity contribution is -0.120. The van der Waals surface area contributed by atoms with Crippen LogP contribution in [0.2, 0.25) is 0 Å². The van der Waals surface area contributed by atoms with E-state index in [4.69, 9.17) is 4.74 Å². The van der Waals surface area contributed by atoms with E-state index in [-0.39, 0.29) is 0 Å². The molecule has 0 saturated heterocycles. The maximum absolute atomic E-state index is 12.0. The Bertz CT molecular complexity index is 732. The van der Waals surface area contributed by atoms with Crippen LogP contribution in [0.4, 0.5) is 10.5 Å². The normalized spacial score (nSPS) is 11.3. The lowest BCUT2D eigenvalue weighted by atomic mass is 10.0. The van der Waals surface area contributed by atoms with E-state index in [1.54, 1.807) is 14.0 Å². The van der Waals surface area contributed by atoms with Crippen molar-refractivity contribution in [1.82, 2.24) is 10.6 Å². The number of methoxy groups -OCH3 is 1. The zero-order valence-corrected chi connectivity index (χ0v) is 14.6. The summed E-state index contributed by atoms with van der Waals surface area (Å²) in [6, 6.07) is 14.7. The third kappa shape index (κ3) is 5.24. The molecule has 2 aromatic rings. The molecule has 0 bridgehead atoms. The number of nitrogens with one attached hydrogen (secondary N) is 3. The number of anilines is 1. The van der Waals surface area contributed by atoms with Crippen LogP contribution in [-0.4, -0.2) is 32.1 Å². The highest BCUT2D eigenvalue weighted by Gasteiger charge is 2.15. The number of carbonyl (C=O) groups excluding carboxylic acids is 2. The molecule has 0 heterocycles. The lowest BCUT2D eigenvalue weighted by Crippen LogP contribution is -2.44. The number of hydrogen-bond acceptors (Lipinski definition) is 4. The van der Waals surface area contributed by atoms with Gasteiger partial charge in [0.2, 0.25) is 5.91 Å². The molecular weight excluding hydrogens is 318 g/mol. The summed E-state index contributed by atoms with van der Waals surface area (Å²) in [4.78, 5) is 23.2. The molecule has 132 valence electrons. The first-order valence-electron chi connectivity index (χ1n) is 8.03. The summed E-state index contributed by atoms with van der Waals surface area (Å²) in [7, 11) is 3.09. The van der Waals surface area contributed by atoms with Crippen molar-refractivity contribution >= 4 is 17.6 Å². The van der Waals surface area contributed by atoms with Crippen molar-refractivity contribution in [2.24, 2.45) is 0 Å². The van der Waals surface area contributed by atoms with Gasteiger partial charge in [-0.3, -0.25) is 10.1 Å². The van der Waals surface area contributed by atoms with Crippen LogP contribution in [0.1, 0.15) is 18.1 Å². The fraction of sp³-hybridized carbons (Fsp3) is 0.263. The van der Waals surface area contributed by atoms with Gasteiger partial charge in [0.15, 0.2) is 0 Å². The Labute approximate surface area is 147 Å². The van der Waals surface area contributed by atoms with Crippen molar-refractivity contribution in [3.8, 4) is 5.75 Å². The second-order valence-corrected chi connectivity index (χ2v) is 5.62. The van der Waals surface area contributed by atoms with E-state index >= 15 is 0 Å². The molecule has 0 saturated carbocycles. The van der Waals surface area contributed by atoms with Crippen LogP contribution in [0.15, 0.2) is 48.5 Å². The summed E-state index contributed by atoms with van der Waals surface area (Å²) in [5.74, 6) is 0.386. The predicted octanol–water partition coefficient (Wildman–Crippen LogP) is 2.54. The van der Waals surface area contributed by atoms with Crippen molar-refractivity contribution in [3.05, 3.63) is 59.7 Å². The van der Waals surface area contributed by atoms with Gasteiger partial charge in [-0.15, -0.1) is 0 Å². The van der Waals surface area contributed by atoms with E-state index in [0.717, 1.165) is 23.4 Å². The van der Waals surface area contributed by atoms with Crippen LogP contribution in [0.3, 0.4) is 0 Å². The van der Waals surface area contributed by atoms with E-state index in [0.29, 0.717) is 0 Å². The van der Waals surface area contributed by atoms with Gasteiger partial charge in [0.05, 0.1) is 7.11 Å². The number of urea groups is 1. The lowest BCUT2D eigenvalue weighted by Gasteiger charge is -2.17. The smallest absolute Gasteiger partial charge is 0.321 e. The number of carbonyl (C=O) groups is 2. The van der Waals surface area contributed by atoms with Crippen LogP contribution in [0.25, 0.3) is 0 Å². The molecule has 1 atom stereocenters. The van der Waals surface area contributed by atoms with Crippen LogP contribution in [-0.2, 0) is 11.2 Å². The molecule has 1 unspecified atom stereocenters. The third-order valence-electron chi connectivity index (χ3n) is 3.76. The van der Waals surface area contributed by atoms with E-state index in [2.05, 4.69) is 28.1 Å². The molecule has 0 fully saturated rings. The highest BCUT2D eigenvalue weighted by atomic mass is 16.5. The van der Waals surface area contributed by atoms with Gasteiger partial charge in [0.1, 0.15) is 11.8 Å². The van der Waals surface area contributed by atoms with Crippen molar-refractivity contribution in [2.75, 3.05) is 19.5 Å². The van der Waals surface area contributed by atoms with Gasteiger partial charge in [-0.25, -0.2) is 4.79 Å². The largest absolute Gasteiger partial charge is 0.496 e. The molecule has 25 heavy (non-hydrogen) atoms. The molecule has 3 N–H and O–H groups in total. The van der Waals surface area contributed by atoms with Crippen molar-refractivity contribution in [1.29, 1.82) is 0 Å². The topological polar surface area (TPSA) is 79.5 Å². The van der Waals surface area contributed by atoms with E-state index in [1.165, 1.54) is 12.6 Å². The Kier molecular flexibility index (Phi) is 6.39. The monoisotopic (exact) mass is 341 g/mol. The summed E-state index contributed by atoms with van der Waals surface area (Å²) in [6.45, 7) is 1.69. The number of ether oxygens (including phenoxy) is 1. The number of amides is 3. The summed E-state index contributed by atoms with van der Waals surface area (Å²) in [5.41, 5.74) is 2.97. The number of hydrogen-bond donors (Lipinski definition) is 3. The Hall–Kier alpha value is -3.02. The summed E-state index contributed by atoms with van der Waals surface area (Å²) >= 11 is 0. The average Bonchev–Trinajstić information content (AvgIpc) is 2.62. The predicted molar refractivity (Wildman–Crippen MR) is 97.9 cm³/mol. The quantitative estimate of drug-likeness (QED) is 0.754. The van der Waals surface area contributed by atoms with Gasteiger partial charge < -0.3 is 15.4 Å². The van der Waals surface area contributed by atoms with Gasteiger partial charge in [-0.2, -0.15) is 0 Å². The molecule has 0 aliphatic rings. The fourth-order valence-electron chi connectivity index (χ4n) is 2.42. The molecule has 2 aromatic carbocycles. The van der Waals surface area contributed by atoms with E-state index in [1.807, 2.05) is 36.4 Å². The maximum Gasteiger partial charge on any atom is 0.321 e. The van der Waals surface area contributed by atoms with Gasteiger partial charge in [-0.1, -0.05) is 30.3 Å². The minimum Gasteiger partial charge on any atom is -0.496 e. The molecule has 0 aliphatic carbocycles. The van der Waals surface area contributed by atoms with Gasteiger partial charge >= 0.3 is 6.03 Å². The van der Waals surface area contributed by atoms with Crippen molar-refractivity contribution < 1.29 is 14.3 Å². The second kappa shape index (κ2) is 8.73. The average molecular weight is 341 g/mol. The molecule has 6 heteroatoms. The summed E-state index contributed by atoms with van der Waals surface area (Å²) < 4.78 is 5.43. The zero-order valence-electron chi connectivity index (χ0n) is 14.6. The zero-order chi connectivity index (χ0) is 18.2. The Balaban J connectivity index is 2.12. The number of benzene rings is 2. The third-order valence-corrected chi connectivity index (χ3v) is 3.76. The SMILES string of the molecule is CNC(=O)NC(=O)C(C)Nc1ccc(OC)c(Cc2ccccc2)c1. The molecule has 0 spiro atoms. The first-order valence-corrected chi connectivity index (χ1v) is 8.03. The van der Waals surface area contributed by atoms with Crippen molar-refractivity contribution in [3.63, 3.8) is 0 Å². The van der Waals surface area contributed by atoms with E-state index in [9.17, 15) is 9.59 Å². The first-order chi connectivity index (χ1) is 12.0. The molecule has 0 aromatic heterocycles. The first kappa shape index (κ1) is 18.3. The molecule has 0 radical (unpaired) electrons. The number of rotatable bonds is 6. The standard InChI is InChI=1S/C19H23N3O3/c1-13(18(23)22-19(24)20-2)21-16-9-10-17(25-3)15(12-16)11-14-7-5-4-6-8-14/h4-10,12-13,21H,11H2,1-3H3,(H2,20,22,23,24). The summed E-state index contributed by atoms with van der Waals surface area (Å²) in [5, 5.41) is 7.70. The van der Waals surface area contributed by atoms with Crippen LogP contribution >= 0.6 is 0 Å². The van der Waals surface area contributed by atoms with Gasteiger partial charge in [-0.05, 0) is 30.7 Å². The highest BCUT2D eigenvalue weighted by Crippen LogP contribution is 2.25. The fourth-order valence-corrected chi connectivity index (χ4v) is 2.42. The van der Waals surface area contributed by atoms with Crippen LogP contribution in [0, 0.1) is 0 Å². The molecule has 3 amide bonds. The minimum atomic E-state index is -0.560. The Morgan fingerprint density at radius 2 is 1.84 bits per heavy atom. The second-order valence-electron chi connectivity index (χ2n) is 5.62. The molecule has 6 nitrogen and oxygen atoms in total. The van der Waals surface area contributed by atoms with Gasteiger partial charge in [0, 0.05) is 24.7 Å². The van der Waals surface area contributed by atoms with Crippen LogP contribution in [0.5, 0.6) is 5.75 Å². The summed E-state index contributed by atoms with van der Waals surface area (Å²) in [6.07, 6.45) is 0.721. The van der Waals surface area contributed by atoms with Crippen LogP contribution < -0.4 is 20.7 Å². The molecule has 2 rings (SSSR count). The van der Waals surface area contributed by atoms with Gasteiger partial charge in [0.25, 0.3) is 0 Å². The number of imide groups is 1. The van der Waals surface area contributed by atoms with Crippen molar-refractivity contribution in [2.45, 2.75) is 19.4 Å².